The monoisotopic (exact) mass is 884 g/mol. The summed E-state index contributed by atoms with van der Waals surface area (Å²) in [6, 6.07) is -0.587. The average Bonchev–Trinajstić information content (AvgIpc) is 3.28. The minimum atomic E-state index is -0.701. The van der Waals surface area contributed by atoms with E-state index in [9.17, 15) is 19.8 Å². The van der Waals surface area contributed by atoms with Crippen LogP contribution in [0, 0.1) is 0 Å². The molecular weight excluding hydrogens is 779 g/mol. The number of ether oxygens (including phenoxy) is 1. The van der Waals surface area contributed by atoms with Crippen LogP contribution in [-0.4, -0.2) is 47.4 Å². The number of aliphatic hydroxyl groups excluding tert-OH is 2. The molecule has 0 aliphatic heterocycles. The molecule has 3 N–H and O–H groups in total. The molecule has 6 nitrogen and oxygen atoms in total. The van der Waals surface area contributed by atoms with Crippen molar-refractivity contribution in [2.45, 2.75) is 289 Å². The van der Waals surface area contributed by atoms with Gasteiger partial charge in [0.1, 0.15) is 0 Å². The lowest BCUT2D eigenvalue weighted by atomic mass is 10.0. The highest BCUT2D eigenvalue weighted by molar-refractivity contribution is 5.76. The highest BCUT2D eigenvalue weighted by Crippen LogP contribution is 2.16. The maximum absolute atomic E-state index is 12.4. The van der Waals surface area contributed by atoms with Gasteiger partial charge in [0.2, 0.25) is 5.91 Å². The number of amides is 1. The molecule has 0 aromatic heterocycles. The molecule has 63 heavy (non-hydrogen) atoms. The zero-order valence-electron chi connectivity index (χ0n) is 41.8. The van der Waals surface area contributed by atoms with Crippen molar-refractivity contribution in [3.8, 4) is 0 Å². The van der Waals surface area contributed by atoms with Gasteiger partial charge in [-0.3, -0.25) is 9.59 Å². The van der Waals surface area contributed by atoms with E-state index in [-0.39, 0.29) is 18.5 Å². The number of carbonyl (C=O) groups excluding carboxylic acids is 2. The van der Waals surface area contributed by atoms with Crippen molar-refractivity contribution in [2.75, 3.05) is 13.2 Å². The SMILES string of the molecule is CCC/C=C\C/C=C\CCCCCCCC(=O)OCCCCCCCC/C=C\C/C=C\CCC(=O)NC(CO)C(O)CCCCCCCCCCCCCCCCCCCCCC. The quantitative estimate of drug-likeness (QED) is 0.0321. The Bertz CT molecular complexity index is 1070. The van der Waals surface area contributed by atoms with Crippen molar-refractivity contribution in [1.29, 1.82) is 0 Å². The number of hydrogen-bond donors (Lipinski definition) is 3. The molecule has 0 aromatic carbocycles. The van der Waals surface area contributed by atoms with Gasteiger partial charge in [0.05, 0.1) is 25.4 Å². The maximum Gasteiger partial charge on any atom is 0.305 e. The van der Waals surface area contributed by atoms with E-state index in [0.29, 0.717) is 32.3 Å². The second kappa shape index (κ2) is 52.4. The van der Waals surface area contributed by atoms with Crippen LogP contribution in [0.1, 0.15) is 277 Å². The van der Waals surface area contributed by atoms with Crippen molar-refractivity contribution in [3.63, 3.8) is 0 Å². The Morgan fingerprint density at radius 2 is 0.841 bits per heavy atom. The normalized spacial score (nSPS) is 13.0. The predicted molar refractivity (Wildman–Crippen MR) is 273 cm³/mol. The number of esters is 1. The Kier molecular flexibility index (Phi) is 50.6. The highest BCUT2D eigenvalue weighted by atomic mass is 16.5. The Morgan fingerprint density at radius 3 is 1.30 bits per heavy atom. The Morgan fingerprint density at radius 1 is 0.444 bits per heavy atom. The standard InChI is InChI=1S/C57H105NO5/c1-3-5-7-9-11-13-15-17-18-19-20-21-22-23-26-29-33-37-41-45-49-55(60)54(53-59)58-56(61)50-46-42-38-34-30-27-24-28-32-36-40-44-48-52-63-57(62)51-47-43-39-35-31-25-16-14-12-10-8-6-4-2/h8,10,14,16,27,30,38,42,54-55,59-60H,3-7,9,11-13,15,17-26,28-29,31-37,39-41,43-53H2,1-2H3,(H,58,61)/b10-8-,16-14-,30-27-,42-38-. The molecule has 0 rings (SSSR count). The van der Waals surface area contributed by atoms with Gasteiger partial charge in [0.25, 0.3) is 0 Å². The lowest BCUT2D eigenvalue weighted by Crippen LogP contribution is -2.45. The Labute approximate surface area is 391 Å². The molecule has 2 unspecified atom stereocenters. The van der Waals surface area contributed by atoms with E-state index in [0.717, 1.165) is 64.2 Å². The fourth-order valence-electron chi connectivity index (χ4n) is 8.14. The van der Waals surface area contributed by atoms with Crippen LogP contribution in [-0.2, 0) is 14.3 Å². The van der Waals surface area contributed by atoms with E-state index < -0.39 is 12.1 Å². The minimum Gasteiger partial charge on any atom is -0.466 e. The number of carbonyl (C=O) groups is 2. The van der Waals surface area contributed by atoms with Gasteiger partial charge in [-0.1, -0.05) is 242 Å². The molecule has 0 aliphatic carbocycles. The number of allylic oxidation sites excluding steroid dienone is 8. The first-order chi connectivity index (χ1) is 31.0. The average molecular weight is 884 g/mol. The molecule has 0 aliphatic rings. The van der Waals surface area contributed by atoms with E-state index in [1.807, 2.05) is 6.08 Å². The minimum absolute atomic E-state index is 0.0326. The van der Waals surface area contributed by atoms with Gasteiger partial charge >= 0.3 is 5.97 Å². The number of rotatable bonds is 50. The predicted octanol–water partition coefficient (Wildman–Crippen LogP) is 16.6. The van der Waals surface area contributed by atoms with Crippen LogP contribution in [0.25, 0.3) is 0 Å². The first-order valence-corrected chi connectivity index (χ1v) is 27.4. The van der Waals surface area contributed by atoms with Crippen molar-refractivity contribution in [2.24, 2.45) is 0 Å². The maximum atomic E-state index is 12.4. The van der Waals surface area contributed by atoms with Gasteiger partial charge in [-0.15, -0.1) is 0 Å². The second-order valence-electron chi connectivity index (χ2n) is 18.6. The van der Waals surface area contributed by atoms with Crippen LogP contribution < -0.4 is 5.32 Å². The van der Waals surface area contributed by atoms with Crippen molar-refractivity contribution >= 4 is 11.9 Å². The van der Waals surface area contributed by atoms with E-state index in [1.165, 1.54) is 173 Å². The van der Waals surface area contributed by atoms with Gasteiger partial charge in [-0.05, 0) is 70.6 Å². The summed E-state index contributed by atoms with van der Waals surface area (Å²) >= 11 is 0. The second-order valence-corrected chi connectivity index (χ2v) is 18.6. The molecule has 6 heteroatoms. The third-order valence-corrected chi connectivity index (χ3v) is 12.3. The first kappa shape index (κ1) is 60.8. The molecule has 0 radical (unpaired) electrons. The summed E-state index contributed by atoms with van der Waals surface area (Å²) in [5, 5.41) is 23.2. The molecule has 0 spiro atoms. The third-order valence-electron chi connectivity index (χ3n) is 12.3. The van der Waals surface area contributed by atoms with Crippen molar-refractivity contribution in [3.05, 3.63) is 48.6 Å². The lowest BCUT2D eigenvalue weighted by Gasteiger charge is -2.22. The number of hydrogen-bond acceptors (Lipinski definition) is 5. The molecule has 0 heterocycles. The summed E-state index contributed by atoms with van der Waals surface area (Å²) in [4.78, 5) is 24.4. The zero-order chi connectivity index (χ0) is 45.8. The van der Waals surface area contributed by atoms with E-state index in [2.05, 4.69) is 61.7 Å². The molecule has 1 amide bonds. The van der Waals surface area contributed by atoms with Crippen LogP contribution in [0.15, 0.2) is 48.6 Å². The van der Waals surface area contributed by atoms with Crippen LogP contribution in [0.5, 0.6) is 0 Å². The van der Waals surface area contributed by atoms with Gasteiger partial charge < -0.3 is 20.3 Å². The van der Waals surface area contributed by atoms with Crippen LogP contribution >= 0.6 is 0 Å². The number of nitrogens with one attached hydrogen (secondary N) is 1. The molecule has 2 atom stereocenters. The van der Waals surface area contributed by atoms with Crippen LogP contribution in [0.2, 0.25) is 0 Å². The fraction of sp³-hybridized carbons (Fsp3) is 0.825. The van der Waals surface area contributed by atoms with E-state index >= 15 is 0 Å². The number of unbranched alkanes of at least 4 members (excludes halogenated alkanes) is 31. The van der Waals surface area contributed by atoms with Crippen LogP contribution in [0.3, 0.4) is 0 Å². The molecule has 0 saturated carbocycles. The summed E-state index contributed by atoms with van der Waals surface area (Å²) in [5.74, 6) is -0.148. The molecule has 368 valence electrons. The molecule has 0 saturated heterocycles. The summed E-state index contributed by atoms with van der Waals surface area (Å²) in [5.41, 5.74) is 0. The van der Waals surface area contributed by atoms with Gasteiger partial charge in [-0.2, -0.15) is 0 Å². The van der Waals surface area contributed by atoms with Gasteiger partial charge in [-0.25, -0.2) is 0 Å². The summed E-state index contributed by atoms with van der Waals surface area (Å²) in [6.07, 6.45) is 65.3. The van der Waals surface area contributed by atoms with Crippen molar-refractivity contribution in [1.82, 2.24) is 5.32 Å². The lowest BCUT2D eigenvalue weighted by molar-refractivity contribution is -0.143. The van der Waals surface area contributed by atoms with Gasteiger partial charge in [0, 0.05) is 12.8 Å². The molecule has 0 fully saturated rings. The van der Waals surface area contributed by atoms with Gasteiger partial charge in [0.15, 0.2) is 0 Å². The Balaban J connectivity index is 3.56. The first-order valence-electron chi connectivity index (χ1n) is 27.4. The van der Waals surface area contributed by atoms with E-state index in [4.69, 9.17) is 4.74 Å². The summed E-state index contributed by atoms with van der Waals surface area (Å²) < 4.78 is 5.44. The molecule has 0 bridgehead atoms. The zero-order valence-corrected chi connectivity index (χ0v) is 41.8. The highest BCUT2D eigenvalue weighted by Gasteiger charge is 2.19. The number of aliphatic hydroxyl groups is 2. The summed E-state index contributed by atoms with van der Waals surface area (Å²) in [7, 11) is 0. The largest absolute Gasteiger partial charge is 0.466 e. The van der Waals surface area contributed by atoms with E-state index in [1.54, 1.807) is 0 Å². The third kappa shape index (κ3) is 49.1. The van der Waals surface area contributed by atoms with Crippen LogP contribution in [0.4, 0.5) is 0 Å². The smallest absolute Gasteiger partial charge is 0.305 e. The topological polar surface area (TPSA) is 95.9 Å². The Hall–Kier alpha value is -2.18. The molecule has 0 aromatic rings. The fourth-order valence-corrected chi connectivity index (χ4v) is 8.14. The van der Waals surface area contributed by atoms with Crippen molar-refractivity contribution < 1.29 is 24.5 Å². The summed E-state index contributed by atoms with van der Waals surface area (Å²) in [6.45, 7) is 4.82. The molecular formula is C57H105NO5.